The van der Waals surface area contributed by atoms with Crippen LogP contribution in [-0.2, 0) is 6.42 Å². The molecule has 2 aromatic heterocycles. The Kier molecular flexibility index (Phi) is 6.43. The van der Waals surface area contributed by atoms with Gasteiger partial charge in [-0.05, 0) is 110 Å². The van der Waals surface area contributed by atoms with Crippen molar-refractivity contribution < 1.29 is 0 Å². The summed E-state index contributed by atoms with van der Waals surface area (Å²) >= 11 is 0. The quantitative estimate of drug-likeness (QED) is 0.173. The van der Waals surface area contributed by atoms with Crippen LogP contribution in [0.4, 0.5) is 0 Å². The molecule has 256 valence electrons. The lowest BCUT2D eigenvalue weighted by atomic mass is 9.93. The Labute approximate surface area is 318 Å². The third kappa shape index (κ3) is 4.49. The lowest BCUT2D eigenvalue weighted by molar-refractivity contribution is 1.17. The molecule has 1 aliphatic carbocycles. The summed E-state index contributed by atoms with van der Waals surface area (Å²) in [7, 11) is 0. The maximum Gasteiger partial charge on any atom is 0.0548 e. The average molecular weight is 699 g/mol. The molecule has 0 unspecified atom stereocenters. The maximum absolute atomic E-state index is 2.51. The Balaban J connectivity index is 1.13. The molecule has 0 aliphatic heterocycles. The van der Waals surface area contributed by atoms with Crippen molar-refractivity contribution in [3.05, 3.63) is 205 Å². The van der Waals surface area contributed by atoms with Gasteiger partial charge in [-0.15, -0.1) is 0 Å². The largest absolute Gasteiger partial charge is 0.309 e. The second kappa shape index (κ2) is 11.7. The predicted molar refractivity (Wildman–Crippen MR) is 232 cm³/mol. The van der Waals surface area contributed by atoms with Gasteiger partial charge in [0.15, 0.2) is 0 Å². The number of para-hydroxylation sites is 2. The van der Waals surface area contributed by atoms with Gasteiger partial charge in [-0.1, -0.05) is 146 Å². The van der Waals surface area contributed by atoms with Gasteiger partial charge in [-0.25, -0.2) is 0 Å². The zero-order valence-corrected chi connectivity index (χ0v) is 30.1. The normalized spacial score (nSPS) is 12.3. The molecule has 2 heteroatoms. The molecule has 0 spiro atoms. The number of benzene rings is 9. The van der Waals surface area contributed by atoms with Crippen molar-refractivity contribution in [2.24, 2.45) is 0 Å². The topological polar surface area (TPSA) is 9.86 Å². The molecule has 1 aliphatic rings. The fourth-order valence-corrected chi connectivity index (χ4v) is 9.47. The fraction of sp³-hybridized carbons (Fsp3) is 0.0189. The lowest BCUT2D eigenvalue weighted by Crippen LogP contribution is -1.98. The molecule has 9 aromatic carbocycles. The predicted octanol–water partition coefficient (Wildman–Crippen LogP) is 13.9. The van der Waals surface area contributed by atoms with Gasteiger partial charge in [0.25, 0.3) is 0 Å². The first kappa shape index (κ1) is 30.3. The van der Waals surface area contributed by atoms with Crippen molar-refractivity contribution in [3.63, 3.8) is 0 Å². The van der Waals surface area contributed by atoms with Crippen LogP contribution in [0.3, 0.4) is 0 Å². The van der Waals surface area contributed by atoms with Crippen LogP contribution in [0.2, 0.25) is 0 Å². The monoisotopic (exact) mass is 698 g/mol. The summed E-state index contributed by atoms with van der Waals surface area (Å²) in [5.74, 6) is 0. The molecule has 55 heavy (non-hydrogen) atoms. The van der Waals surface area contributed by atoms with Crippen LogP contribution in [0.5, 0.6) is 0 Å². The first-order valence-corrected chi connectivity index (χ1v) is 19.1. The molecule has 0 atom stereocenters. The van der Waals surface area contributed by atoms with Gasteiger partial charge < -0.3 is 9.13 Å². The van der Waals surface area contributed by atoms with E-state index < -0.39 is 0 Å². The highest BCUT2D eigenvalue weighted by Gasteiger charge is 2.25. The van der Waals surface area contributed by atoms with Gasteiger partial charge in [0.05, 0.1) is 22.1 Å². The standard InChI is InChI=1S/C53H34N2/c1-2-12-34(13-3-1)36-22-24-37(25-23-36)45-32-41(33-47-42-17-7-6-16-39(42)31-46(45)47)55-49-21-11-9-19-44(49)53-51(55)29-28-50-52(53)43-18-8-10-20-48(43)54(50)40-27-26-35-14-4-5-15-38(35)30-40/h1-30,32-33H,31H2. The molecule has 0 amide bonds. The van der Waals surface area contributed by atoms with Crippen molar-refractivity contribution in [1.29, 1.82) is 0 Å². The molecule has 0 saturated carbocycles. The van der Waals surface area contributed by atoms with Crippen molar-refractivity contribution in [2.75, 3.05) is 0 Å². The summed E-state index contributed by atoms with van der Waals surface area (Å²) in [6, 6.07) is 71.7. The summed E-state index contributed by atoms with van der Waals surface area (Å²) in [5, 5.41) is 7.60. The minimum Gasteiger partial charge on any atom is -0.309 e. The Hall–Kier alpha value is -7.16. The molecular weight excluding hydrogens is 665 g/mol. The molecular formula is C53H34N2. The van der Waals surface area contributed by atoms with Crippen LogP contribution < -0.4 is 0 Å². The van der Waals surface area contributed by atoms with Gasteiger partial charge >= 0.3 is 0 Å². The first-order valence-electron chi connectivity index (χ1n) is 19.1. The van der Waals surface area contributed by atoms with E-state index in [4.69, 9.17) is 0 Å². The van der Waals surface area contributed by atoms with E-state index in [0.717, 1.165) is 6.42 Å². The van der Waals surface area contributed by atoms with Crippen LogP contribution in [0, 0.1) is 0 Å². The van der Waals surface area contributed by atoms with E-state index in [2.05, 4.69) is 203 Å². The molecule has 12 rings (SSSR count). The van der Waals surface area contributed by atoms with Gasteiger partial charge in [-0.2, -0.15) is 0 Å². The Morgan fingerprint density at radius 1 is 0.327 bits per heavy atom. The number of aromatic nitrogens is 2. The minimum absolute atomic E-state index is 0.934. The van der Waals surface area contributed by atoms with E-state index in [9.17, 15) is 0 Å². The first-order chi connectivity index (χ1) is 27.3. The Bertz CT molecular complexity index is 3320. The smallest absolute Gasteiger partial charge is 0.0548 e. The molecule has 0 radical (unpaired) electrons. The Morgan fingerprint density at radius 3 is 1.64 bits per heavy atom. The van der Waals surface area contributed by atoms with Crippen molar-refractivity contribution in [1.82, 2.24) is 9.13 Å². The van der Waals surface area contributed by atoms with E-state index in [1.165, 1.54) is 110 Å². The highest BCUT2D eigenvalue weighted by molar-refractivity contribution is 6.29. The molecule has 0 fully saturated rings. The van der Waals surface area contributed by atoms with Gasteiger partial charge in [0.1, 0.15) is 0 Å². The number of rotatable bonds is 4. The van der Waals surface area contributed by atoms with Crippen LogP contribution in [0.15, 0.2) is 194 Å². The van der Waals surface area contributed by atoms with Crippen molar-refractivity contribution in [3.8, 4) is 44.8 Å². The molecule has 2 heterocycles. The van der Waals surface area contributed by atoms with Gasteiger partial charge in [0.2, 0.25) is 0 Å². The lowest BCUT2D eigenvalue weighted by Gasteiger charge is -2.16. The van der Waals surface area contributed by atoms with Crippen LogP contribution >= 0.6 is 0 Å². The van der Waals surface area contributed by atoms with Crippen molar-refractivity contribution in [2.45, 2.75) is 6.42 Å². The number of hydrogen-bond acceptors (Lipinski definition) is 0. The van der Waals surface area contributed by atoms with Crippen molar-refractivity contribution >= 4 is 54.4 Å². The number of fused-ring (bicyclic) bond motifs is 11. The molecule has 0 N–H and O–H groups in total. The fourth-order valence-electron chi connectivity index (χ4n) is 9.47. The molecule has 0 saturated heterocycles. The zero-order valence-electron chi connectivity index (χ0n) is 30.1. The average Bonchev–Trinajstić information content (AvgIpc) is 3.91. The summed E-state index contributed by atoms with van der Waals surface area (Å²) in [5.41, 5.74) is 17.7. The summed E-state index contributed by atoms with van der Waals surface area (Å²) in [4.78, 5) is 0. The number of nitrogens with zero attached hydrogens (tertiary/aromatic N) is 2. The third-order valence-corrected chi connectivity index (χ3v) is 11.9. The zero-order chi connectivity index (χ0) is 36.0. The highest BCUT2D eigenvalue weighted by atomic mass is 15.0. The molecule has 0 bridgehead atoms. The third-order valence-electron chi connectivity index (χ3n) is 11.9. The van der Waals surface area contributed by atoms with Gasteiger partial charge in [-0.3, -0.25) is 0 Å². The summed E-state index contributed by atoms with van der Waals surface area (Å²) < 4.78 is 4.96. The van der Waals surface area contributed by atoms with Gasteiger partial charge in [0, 0.05) is 32.9 Å². The van der Waals surface area contributed by atoms with E-state index in [1.807, 2.05) is 0 Å². The highest BCUT2D eigenvalue weighted by Crippen LogP contribution is 2.47. The van der Waals surface area contributed by atoms with Crippen LogP contribution in [0.1, 0.15) is 11.1 Å². The van der Waals surface area contributed by atoms with Crippen LogP contribution in [-0.4, -0.2) is 9.13 Å². The summed E-state index contributed by atoms with van der Waals surface area (Å²) in [6.07, 6.45) is 0.934. The second-order valence-electron chi connectivity index (χ2n) is 14.9. The Morgan fingerprint density at radius 2 is 0.891 bits per heavy atom. The second-order valence-corrected chi connectivity index (χ2v) is 14.9. The van der Waals surface area contributed by atoms with E-state index in [1.54, 1.807) is 0 Å². The van der Waals surface area contributed by atoms with E-state index >= 15 is 0 Å². The minimum atomic E-state index is 0.934. The van der Waals surface area contributed by atoms with E-state index in [-0.39, 0.29) is 0 Å². The van der Waals surface area contributed by atoms with Crippen LogP contribution in [0.25, 0.3) is 99.1 Å². The SMILES string of the molecule is c1ccc(-c2ccc(-c3cc(-n4c5ccccc5c5c6c7ccccc7n(-c7ccc8ccccc8c7)c6ccc54)cc4c3Cc3ccccc3-4)cc2)cc1. The molecule has 2 nitrogen and oxygen atoms in total. The van der Waals surface area contributed by atoms with E-state index in [0.29, 0.717) is 0 Å². The maximum atomic E-state index is 2.51. The summed E-state index contributed by atoms with van der Waals surface area (Å²) in [6.45, 7) is 0. The molecule has 11 aromatic rings. The number of hydrogen-bond donors (Lipinski definition) is 0.